The third-order valence-corrected chi connectivity index (χ3v) is 5.58. The van der Waals surface area contributed by atoms with Gasteiger partial charge in [0, 0.05) is 12.5 Å². The Bertz CT molecular complexity index is 884. The first kappa shape index (κ1) is 17.0. The number of ketones is 1. The Kier molecular flexibility index (Phi) is 4.40. The lowest BCUT2D eigenvalue weighted by atomic mass is 9.74. The van der Waals surface area contributed by atoms with Crippen LogP contribution < -0.4 is 20.3 Å². The van der Waals surface area contributed by atoms with Crippen LogP contribution in [0.2, 0.25) is 0 Å². The molecule has 26 heavy (non-hydrogen) atoms. The van der Waals surface area contributed by atoms with E-state index in [2.05, 4.69) is 15.3 Å². The number of piperidine rings is 1. The second kappa shape index (κ2) is 6.72. The molecule has 0 atom stereocenters. The lowest BCUT2D eigenvalue weighted by molar-refractivity contribution is -0.129. The van der Waals surface area contributed by atoms with E-state index in [1.54, 1.807) is 19.2 Å². The Balaban J connectivity index is 1.54. The summed E-state index contributed by atoms with van der Waals surface area (Å²) in [5.74, 6) is 1.44. The molecule has 1 aliphatic carbocycles. The van der Waals surface area contributed by atoms with Crippen LogP contribution in [-0.2, 0) is 4.79 Å². The number of aromatic nitrogens is 2. The second-order valence-electron chi connectivity index (χ2n) is 7.10. The van der Waals surface area contributed by atoms with Crippen molar-refractivity contribution in [3.8, 4) is 11.5 Å². The molecule has 1 saturated heterocycles. The minimum absolute atomic E-state index is 0.000690. The maximum absolute atomic E-state index is 12.4. The highest BCUT2D eigenvalue weighted by Gasteiger charge is 2.42. The maximum atomic E-state index is 12.4. The maximum Gasteiger partial charge on any atom is 0.258 e. The van der Waals surface area contributed by atoms with E-state index in [0.717, 1.165) is 38.6 Å². The molecule has 1 aromatic carbocycles. The molecule has 1 saturated carbocycles. The molecular weight excluding hydrogens is 334 g/mol. The number of carbonyl (C=O) groups excluding carboxylic acids is 1. The topological polar surface area (TPSA) is 93.3 Å². The Morgan fingerprint density at radius 2 is 2.00 bits per heavy atom. The number of nitrogens with zero attached hydrogens (tertiary/aromatic N) is 1. The summed E-state index contributed by atoms with van der Waals surface area (Å²) in [5, 5.41) is 3.91. The minimum Gasteiger partial charge on any atom is -0.493 e. The van der Waals surface area contributed by atoms with Gasteiger partial charge in [-0.05, 0) is 44.7 Å². The second-order valence-corrected chi connectivity index (χ2v) is 7.10. The van der Waals surface area contributed by atoms with Crippen LogP contribution in [-0.4, -0.2) is 41.0 Å². The number of rotatable bonds is 3. The molecule has 4 rings (SSSR count). The number of Topliss-reactive ketones (excluding diaryl/α,β-unsaturated/α-hetero) is 1. The summed E-state index contributed by atoms with van der Waals surface area (Å²) in [6.45, 7) is 0.908. The van der Waals surface area contributed by atoms with Gasteiger partial charge in [-0.1, -0.05) is 0 Å². The molecule has 7 heteroatoms. The third kappa shape index (κ3) is 2.96. The molecule has 2 aromatic rings. The van der Waals surface area contributed by atoms with Crippen LogP contribution in [0.3, 0.4) is 0 Å². The fourth-order valence-corrected chi connectivity index (χ4v) is 4.08. The molecule has 1 spiro atoms. The minimum atomic E-state index is -0.355. The van der Waals surface area contributed by atoms with Gasteiger partial charge in [-0.25, -0.2) is 4.98 Å². The fraction of sp³-hybridized carbons (Fsp3) is 0.526. The molecule has 2 heterocycles. The van der Waals surface area contributed by atoms with E-state index < -0.39 is 0 Å². The molecule has 2 fully saturated rings. The van der Waals surface area contributed by atoms with Crippen molar-refractivity contribution >= 4 is 16.7 Å². The first-order valence-electron chi connectivity index (χ1n) is 9.12. The van der Waals surface area contributed by atoms with Crippen LogP contribution in [0.1, 0.15) is 38.5 Å². The Morgan fingerprint density at radius 3 is 2.73 bits per heavy atom. The summed E-state index contributed by atoms with van der Waals surface area (Å²) in [6.07, 6.45) is 6.14. The SMILES string of the molecule is COc1cc2nc[nH]c(=O)c2cc1O[C@H]1CC[C@@]2(CC1)NCCCC2=O. The Hall–Kier alpha value is -2.41. The zero-order chi connectivity index (χ0) is 18.1. The molecule has 1 aliphatic heterocycles. The van der Waals surface area contributed by atoms with Crippen molar-refractivity contribution in [1.82, 2.24) is 15.3 Å². The normalized spacial score (nSPS) is 26.2. The largest absolute Gasteiger partial charge is 0.493 e. The standard InChI is InChI=1S/C19H23N3O4/c1-25-15-10-14-13(18(24)21-11-20-14)9-16(15)26-12-4-6-19(7-5-12)17(23)3-2-8-22-19/h9-12,22H,2-8H2,1H3,(H,20,21,24)/t12-,19-. The molecule has 2 aliphatic rings. The lowest BCUT2D eigenvalue weighted by Gasteiger charge is -2.42. The van der Waals surface area contributed by atoms with Crippen molar-refractivity contribution in [3.63, 3.8) is 0 Å². The summed E-state index contributed by atoms with van der Waals surface area (Å²) in [5.41, 5.74) is 0.00627. The van der Waals surface area contributed by atoms with Gasteiger partial charge < -0.3 is 19.8 Å². The molecule has 138 valence electrons. The molecule has 1 aromatic heterocycles. The molecule has 0 bridgehead atoms. The van der Waals surface area contributed by atoms with Gasteiger partial charge in [0.1, 0.15) is 0 Å². The van der Waals surface area contributed by atoms with E-state index in [9.17, 15) is 9.59 Å². The highest BCUT2D eigenvalue weighted by Crippen LogP contribution is 2.37. The molecule has 0 amide bonds. The third-order valence-electron chi connectivity index (χ3n) is 5.58. The zero-order valence-corrected chi connectivity index (χ0v) is 14.8. The number of carbonyl (C=O) groups is 1. The van der Waals surface area contributed by atoms with Gasteiger partial charge in [-0.2, -0.15) is 0 Å². The molecule has 2 N–H and O–H groups in total. The van der Waals surface area contributed by atoms with Crippen molar-refractivity contribution < 1.29 is 14.3 Å². The van der Waals surface area contributed by atoms with Gasteiger partial charge in [0.25, 0.3) is 5.56 Å². The van der Waals surface area contributed by atoms with E-state index >= 15 is 0 Å². The lowest BCUT2D eigenvalue weighted by Crippen LogP contribution is -2.58. The van der Waals surface area contributed by atoms with Crippen LogP contribution in [0.25, 0.3) is 10.9 Å². The number of aromatic amines is 1. The summed E-state index contributed by atoms with van der Waals surface area (Å²) < 4.78 is 11.6. The monoisotopic (exact) mass is 357 g/mol. The van der Waals surface area contributed by atoms with Crippen LogP contribution in [0.5, 0.6) is 11.5 Å². The highest BCUT2D eigenvalue weighted by molar-refractivity contribution is 5.89. The highest BCUT2D eigenvalue weighted by atomic mass is 16.5. The summed E-state index contributed by atoms with van der Waals surface area (Å²) in [6, 6.07) is 3.41. The van der Waals surface area contributed by atoms with Gasteiger partial charge in [-0.15, -0.1) is 0 Å². The fourth-order valence-electron chi connectivity index (χ4n) is 4.08. The van der Waals surface area contributed by atoms with E-state index in [-0.39, 0.29) is 17.2 Å². The van der Waals surface area contributed by atoms with Crippen molar-refractivity contribution in [1.29, 1.82) is 0 Å². The number of H-pyrrole nitrogens is 1. The van der Waals surface area contributed by atoms with Crippen LogP contribution in [0, 0.1) is 0 Å². The predicted molar refractivity (Wildman–Crippen MR) is 96.8 cm³/mol. The van der Waals surface area contributed by atoms with Gasteiger partial charge >= 0.3 is 0 Å². The summed E-state index contributed by atoms with van der Waals surface area (Å²) in [7, 11) is 1.57. The molecule has 7 nitrogen and oxygen atoms in total. The number of ether oxygens (including phenoxy) is 2. The van der Waals surface area contributed by atoms with Gasteiger partial charge in [0.05, 0.1) is 36.0 Å². The number of nitrogens with one attached hydrogen (secondary N) is 2. The van der Waals surface area contributed by atoms with Gasteiger partial charge in [0.2, 0.25) is 0 Å². The van der Waals surface area contributed by atoms with Gasteiger partial charge in [0.15, 0.2) is 17.3 Å². The van der Waals surface area contributed by atoms with Crippen molar-refractivity contribution in [2.45, 2.75) is 50.2 Å². The molecule has 0 radical (unpaired) electrons. The average molecular weight is 357 g/mol. The van der Waals surface area contributed by atoms with Crippen LogP contribution >= 0.6 is 0 Å². The Morgan fingerprint density at radius 1 is 1.19 bits per heavy atom. The zero-order valence-electron chi connectivity index (χ0n) is 14.8. The summed E-state index contributed by atoms with van der Waals surface area (Å²) in [4.78, 5) is 31.1. The molecular formula is C19H23N3O4. The number of hydrogen-bond donors (Lipinski definition) is 2. The van der Waals surface area contributed by atoms with Crippen LogP contribution in [0.15, 0.2) is 23.3 Å². The molecule has 0 unspecified atom stereocenters. The predicted octanol–water partition coefficient (Wildman–Crippen LogP) is 1.94. The van der Waals surface area contributed by atoms with Crippen molar-refractivity contribution in [2.75, 3.05) is 13.7 Å². The van der Waals surface area contributed by atoms with E-state index in [0.29, 0.717) is 34.6 Å². The average Bonchev–Trinajstić information content (AvgIpc) is 2.66. The Labute approximate surface area is 151 Å². The van der Waals surface area contributed by atoms with E-state index in [1.807, 2.05) is 0 Å². The first-order chi connectivity index (χ1) is 12.6. The first-order valence-corrected chi connectivity index (χ1v) is 9.12. The number of methoxy groups -OCH3 is 1. The number of hydrogen-bond acceptors (Lipinski definition) is 6. The summed E-state index contributed by atoms with van der Waals surface area (Å²) >= 11 is 0. The number of benzene rings is 1. The van der Waals surface area contributed by atoms with E-state index in [4.69, 9.17) is 9.47 Å². The van der Waals surface area contributed by atoms with Crippen LogP contribution in [0.4, 0.5) is 0 Å². The quantitative estimate of drug-likeness (QED) is 0.872. The van der Waals surface area contributed by atoms with Crippen molar-refractivity contribution in [3.05, 3.63) is 28.8 Å². The smallest absolute Gasteiger partial charge is 0.258 e. The van der Waals surface area contributed by atoms with Gasteiger partial charge in [-0.3, -0.25) is 9.59 Å². The van der Waals surface area contributed by atoms with E-state index in [1.165, 1.54) is 6.33 Å². The van der Waals surface area contributed by atoms with Crippen molar-refractivity contribution in [2.24, 2.45) is 0 Å². The number of fused-ring (bicyclic) bond motifs is 1.